The molecule has 4 heterocycles. The number of hydrogen-bond acceptors (Lipinski definition) is 5. The summed E-state index contributed by atoms with van der Waals surface area (Å²) in [6.45, 7) is 5.56. The molecule has 2 N–H and O–H groups in total. The van der Waals surface area contributed by atoms with Crippen molar-refractivity contribution in [2.75, 3.05) is 25.4 Å². The van der Waals surface area contributed by atoms with Gasteiger partial charge in [0.05, 0.1) is 11.3 Å². The SMILES string of the molecule is Cc1nc(N)ncc1C(=O)N1C[C@H]2CC[C@@H]1CN(Cc1ccccc1)C2. The number of anilines is 1. The first-order chi connectivity index (χ1) is 12.6. The van der Waals surface area contributed by atoms with Gasteiger partial charge in [-0.05, 0) is 31.2 Å². The van der Waals surface area contributed by atoms with Crippen LogP contribution in [-0.4, -0.2) is 51.4 Å². The van der Waals surface area contributed by atoms with Crippen molar-refractivity contribution in [2.45, 2.75) is 32.4 Å². The van der Waals surface area contributed by atoms with E-state index in [-0.39, 0.29) is 17.9 Å². The summed E-state index contributed by atoms with van der Waals surface area (Å²) in [6, 6.07) is 10.8. The van der Waals surface area contributed by atoms with Crippen molar-refractivity contribution in [3.8, 4) is 0 Å². The molecule has 1 amide bonds. The third-order valence-electron chi connectivity index (χ3n) is 5.53. The number of nitrogens with zero attached hydrogens (tertiary/aromatic N) is 4. The summed E-state index contributed by atoms with van der Waals surface area (Å²) < 4.78 is 0. The van der Waals surface area contributed by atoms with Gasteiger partial charge in [0.15, 0.2) is 0 Å². The molecule has 26 heavy (non-hydrogen) atoms. The second kappa shape index (κ2) is 7.03. The lowest BCUT2D eigenvalue weighted by molar-refractivity contribution is 0.0583. The largest absolute Gasteiger partial charge is 0.368 e. The van der Waals surface area contributed by atoms with Crippen LogP contribution in [0.25, 0.3) is 0 Å². The molecule has 3 fully saturated rings. The van der Waals surface area contributed by atoms with E-state index in [4.69, 9.17) is 5.73 Å². The number of aryl methyl sites for hydroxylation is 1. The highest BCUT2D eigenvalue weighted by molar-refractivity contribution is 5.95. The Bertz CT molecular complexity index is 794. The third kappa shape index (κ3) is 3.42. The fourth-order valence-corrected chi connectivity index (χ4v) is 4.25. The van der Waals surface area contributed by atoms with Crippen LogP contribution < -0.4 is 5.73 Å². The monoisotopic (exact) mass is 351 g/mol. The van der Waals surface area contributed by atoms with Crippen molar-refractivity contribution < 1.29 is 4.79 Å². The molecule has 2 bridgehead atoms. The van der Waals surface area contributed by atoms with E-state index in [1.165, 1.54) is 12.0 Å². The Labute approximate surface area is 154 Å². The van der Waals surface area contributed by atoms with Crippen molar-refractivity contribution >= 4 is 11.9 Å². The molecule has 1 aromatic carbocycles. The standard InChI is InChI=1S/C20H25N5O/c1-14-18(9-22-20(21)23-14)19(26)25-12-16-7-8-17(25)13-24(11-16)10-15-5-3-2-4-6-15/h2-6,9,16-17H,7-8,10-13H2,1H3,(H2,21,22,23)/t16-,17+/m0/s1. The normalized spacial score (nSPS) is 23.0. The summed E-state index contributed by atoms with van der Waals surface area (Å²) in [7, 11) is 0. The molecule has 0 radical (unpaired) electrons. The van der Waals surface area contributed by atoms with Crippen LogP contribution in [0.4, 0.5) is 5.95 Å². The number of rotatable bonds is 3. The molecule has 6 nitrogen and oxygen atoms in total. The fraction of sp³-hybridized carbons (Fsp3) is 0.450. The number of nitrogen functional groups attached to an aromatic ring is 1. The fourth-order valence-electron chi connectivity index (χ4n) is 4.25. The Morgan fingerprint density at radius 3 is 2.77 bits per heavy atom. The Kier molecular flexibility index (Phi) is 4.59. The van der Waals surface area contributed by atoms with Crippen LogP contribution in [-0.2, 0) is 6.54 Å². The van der Waals surface area contributed by atoms with Crippen LogP contribution in [0.1, 0.15) is 34.5 Å². The Morgan fingerprint density at radius 1 is 1.19 bits per heavy atom. The summed E-state index contributed by atoms with van der Waals surface area (Å²) in [5.41, 5.74) is 8.18. The molecule has 0 spiro atoms. The van der Waals surface area contributed by atoms with Gasteiger partial charge in [0.1, 0.15) is 0 Å². The van der Waals surface area contributed by atoms with E-state index >= 15 is 0 Å². The lowest BCUT2D eigenvalue weighted by Crippen LogP contribution is -2.47. The molecule has 0 unspecified atom stereocenters. The predicted octanol–water partition coefficient (Wildman–Crippen LogP) is 2.10. The van der Waals surface area contributed by atoms with Crippen molar-refractivity contribution in [3.05, 3.63) is 53.3 Å². The molecule has 0 aliphatic carbocycles. The van der Waals surface area contributed by atoms with Gasteiger partial charge in [-0.2, -0.15) is 0 Å². The highest BCUT2D eigenvalue weighted by atomic mass is 16.2. The molecule has 3 saturated heterocycles. The van der Waals surface area contributed by atoms with Crippen molar-refractivity contribution in [2.24, 2.45) is 5.92 Å². The van der Waals surface area contributed by atoms with Gasteiger partial charge >= 0.3 is 0 Å². The second-order valence-corrected chi connectivity index (χ2v) is 7.46. The first kappa shape index (κ1) is 17.0. The molecule has 1 aromatic heterocycles. The highest BCUT2D eigenvalue weighted by Crippen LogP contribution is 2.30. The topological polar surface area (TPSA) is 75.3 Å². The van der Waals surface area contributed by atoms with E-state index in [0.717, 1.165) is 32.6 Å². The van der Waals surface area contributed by atoms with Gasteiger partial charge in [-0.3, -0.25) is 9.69 Å². The highest BCUT2D eigenvalue weighted by Gasteiger charge is 2.37. The number of carbonyl (C=O) groups is 1. The van der Waals surface area contributed by atoms with Crippen molar-refractivity contribution in [1.82, 2.24) is 19.8 Å². The molecule has 3 aliphatic rings. The summed E-state index contributed by atoms with van der Waals surface area (Å²) in [6.07, 6.45) is 3.83. The van der Waals surface area contributed by atoms with Crippen LogP contribution in [0.3, 0.4) is 0 Å². The van der Waals surface area contributed by atoms with Gasteiger partial charge in [-0.15, -0.1) is 0 Å². The maximum Gasteiger partial charge on any atom is 0.257 e. The molecular formula is C20H25N5O. The predicted molar refractivity (Wildman–Crippen MR) is 100 cm³/mol. The minimum Gasteiger partial charge on any atom is -0.368 e. The van der Waals surface area contributed by atoms with E-state index < -0.39 is 0 Å². The van der Waals surface area contributed by atoms with Crippen LogP contribution in [0.15, 0.2) is 36.5 Å². The number of carbonyl (C=O) groups excluding carboxylic acids is 1. The zero-order valence-electron chi connectivity index (χ0n) is 15.1. The van der Waals surface area contributed by atoms with Gasteiger partial charge in [-0.1, -0.05) is 30.3 Å². The number of benzene rings is 1. The number of nitrogens with two attached hydrogens (primary N) is 1. The maximum atomic E-state index is 13.1. The molecule has 136 valence electrons. The summed E-state index contributed by atoms with van der Waals surface area (Å²) in [5.74, 6) is 0.778. The third-order valence-corrected chi connectivity index (χ3v) is 5.53. The first-order valence-corrected chi connectivity index (χ1v) is 9.26. The Hall–Kier alpha value is -2.47. The van der Waals surface area contributed by atoms with Crippen molar-refractivity contribution in [1.29, 1.82) is 0 Å². The molecule has 2 aromatic rings. The summed E-state index contributed by atoms with van der Waals surface area (Å²) >= 11 is 0. The molecule has 3 aliphatic heterocycles. The van der Waals surface area contributed by atoms with E-state index in [0.29, 0.717) is 17.2 Å². The molecular weight excluding hydrogens is 326 g/mol. The number of piperidine rings is 1. The van der Waals surface area contributed by atoms with Crippen LogP contribution in [0.2, 0.25) is 0 Å². The minimum absolute atomic E-state index is 0.0405. The lowest BCUT2D eigenvalue weighted by Gasteiger charge is -2.36. The van der Waals surface area contributed by atoms with Gasteiger partial charge in [-0.25, -0.2) is 9.97 Å². The maximum absolute atomic E-state index is 13.1. The Morgan fingerprint density at radius 2 is 2.00 bits per heavy atom. The number of hydrogen-bond donors (Lipinski definition) is 1. The lowest BCUT2D eigenvalue weighted by atomic mass is 9.94. The van der Waals surface area contributed by atoms with Crippen LogP contribution in [0.5, 0.6) is 0 Å². The first-order valence-electron chi connectivity index (χ1n) is 9.26. The number of amides is 1. The molecule has 6 heteroatoms. The van der Waals surface area contributed by atoms with E-state index in [2.05, 4.69) is 39.1 Å². The van der Waals surface area contributed by atoms with Crippen molar-refractivity contribution in [3.63, 3.8) is 0 Å². The zero-order chi connectivity index (χ0) is 18.1. The molecule has 0 saturated carbocycles. The van der Waals surface area contributed by atoms with Crippen LogP contribution in [0, 0.1) is 12.8 Å². The van der Waals surface area contributed by atoms with E-state index in [9.17, 15) is 4.79 Å². The minimum atomic E-state index is 0.0405. The molecule has 5 rings (SSSR count). The Balaban J connectivity index is 1.52. The quantitative estimate of drug-likeness (QED) is 0.916. The van der Waals surface area contributed by atoms with Gasteiger partial charge in [0.2, 0.25) is 5.95 Å². The molecule has 2 atom stereocenters. The van der Waals surface area contributed by atoms with Crippen LogP contribution >= 0.6 is 0 Å². The summed E-state index contributed by atoms with van der Waals surface area (Å²) in [5, 5.41) is 0. The zero-order valence-corrected chi connectivity index (χ0v) is 15.1. The smallest absolute Gasteiger partial charge is 0.257 e. The number of aromatic nitrogens is 2. The number of fused-ring (bicyclic) bond motifs is 4. The second-order valence-electron chi connectivity index (χ2n) is 7.46. The van der Waals surface area contributed by atoms with Gasteiger partial charge < -0.3 is 10.6 Å². The van der Waals surface area contributed by atoms with Gasteiger partial charge in [0, 0.05) is 38.4 Å². The van der Waals surface area contributed by atoms with E-state index in [1.807, 2.05) is 17.9 Å². The average Bonchev–Trinajstić information content (AvgIpc) is 2.92. The average molecular weight is 351 g/mol. The van der Waals surface area contributed by atoms with Gasteiger partial charge in [0.25, 0.3) is 5.91 Å². The summed E-state index contributed by atoms with van der Waals surface area (Å²) in [4.78, 5) is 25.8. The van der Waals surface area contributed by atoms with E-state index in [1.54, 1.807) is 6.20 Å².